The number of nitrogens with one attached hydrogen (secondary N) is 1. The SMILES string of the molecule is Cc1ccc(CSc2nnc(NC(=O)c3ccc(F)cc3)s2)cc1. The van der Waals surface area contributed by atoms with Crippen molar-refractivity contribution >= 4 is 34.1 Å². The summed E-state index contributed by atoms with van der Waals surface area (Å²) in [6.07, 6.45) is 0. The van der Waals surface area contributed by atoms with Crippen LogP contribution in [0.2, 0.25) is 0 Å². The summed E-state index contributed by atoms with van der Waals surface area (Å²) >= 11 is 2.89. The van der Waals surface area contributed by atoms with Gasteiger partial charge in [0.1, 0.15) is 5.82 Å². The molecule has 0 atom stereocenters. The number of nitrogens with zero attached hydrogens (tertiary/aromatic N) is 2. The molecule has 0 unspecified atom stereocenters. The Hall–Kier alpha value is -2.25. The van der Waals surface area contributed by atoms with Crippen LogP contribution in [0.25, 0.3) is 0 Å². The predicted octanol–water partition coefficient (Wildman–Crippen LogP) is 4.53. The third-order valence-electron chi connectivity index (χ3n) is 3.22. The van der Waals surface area contributed by atoms with Crippen LogP contribution in [0.5, 0.6) is 0 Å². The van der Waals surface area contributed by atoms with Gasteiger partial charge in [-0.05, 0) is 36.8 Å². The van der Waals surface area contributed by atoms with Crippen LogP contribution in [0, 0.1) is 12.7 Å². The molecule has 24 heavy (non-hydrogen) atoms. The molecule has 0 saturated heterocycles. The van der Waals surface area contributed by atoms with E-state index in [4.69, 9.17) is 0 Å². The summed E-state index contributed by atoms with van der Waals surface area (Å²) in [6.45, 7) is 2.05. The smallest absolute Gasteiger partial charge is 0.257 e. The molecule has 4 nitrogen and oxygen atoms in total. The molecule has 2 aromatic carbocycles. The van der Waals surface area contributed by atoms with Gasteiger partial charge in [-0.25, -0.2) is 4.39 Å². The Labute approximate surface area is 147 Å². The number of rotatable bonds is 5. The lowest BCUT2D eigenvalue weighted by atomic mass is 10.2. The Bertz CT molecular complexity index is 832. The third-order valence-corrected chi connectivity index (χ3v) is 5.26. The number of anilines is 1. The molecule has 0 aliphatic carbocycles. The molecule has 0 aliphatic rings. The Morgan fingerprint density at radius 3 is 2.54 bits per heavy atom. The van der Waals surface area contributed by atoms with Gasteiger partial charge in [-0.15, -0.1) is 10.2 Å². The minimum absolute atomic E-state index is 0.332. The molecule has 1 heterocycles. The number of thioether (sulfide) groups is 1. The van der Waals surface area contributed by atoms with Gasteiger partial charge in [-0.3, -0.25) is 10.1 Å². The highest BCUT2D eigenvalue weighted by Gasteiger charge is 2.10. The number of halogens is 1. The van der Waals surface area contributed by atoms with Crippen molar-refractivity contribution in [3.63, 3.8) is 0 Å². The Kier molecular flexibility index (Phi) is 5.22. The number of aromatic nitrogens is 2. The molecule has 0 fully saturated rings. The highest BCUT2D eigenvalue weighted by atomic mass is 32.2. The Morgan fingerprint density at radius 2 is 1.83 bits per heavy atom. The largest absolute Gasteiger partial charge is 0.296 e. The first kappa shape index (κ1) is 16.6. The summed E-state index contributed by atoms with van der Waals surface area (Å²) in [4.78, 5) is 12.0. The number of hydrogen-bond donors (Lipinski definition) is 1. The van der Waals surface area contributed by atoms with E-state index in [9.17, 15) is 9.18 Å². The molecular weight excluding hydrogens is 345 g/mol. The third kappa shape index (κ3) is 4.39. The van der Waals surface area contributed by atoms with Crippen LogP contribution in [-0.2, 0) is 5.75 Å². The standard InChI is InChI=1S/C17H14FN3OS2/c1-11-2-4-12(5-3-11)10-23-17-21-20-16(24-17)19-15(22)13-6-8-14(18)9-7-13/h2-9H,10H2,1H3,(H,19,20,22). The van der Waals surface area contributed by atoms with Crippen LogP contribution in [0.4, 0.5) is 9.52 Å². The molecular formula is C17H14FN3OS2. The Balaban J connectivity index is 1.58. The zero-order valence-electron chi connectivity index (χ0n) is 12.8. The van der Waals surface area contributed by atoms with E-state index < -0.39 is 0 Å². The second kappa shape index (κ2) is 7.55. The Morgan fingerprint density at radius 1 is 1.12 bits per heavy atom. The fourth-order valence-electron chi connectivity index (χ4n) is 1.92. The summed E-state index contributed by atoms with van der Waals surface area (Å²) in [5, 5.41) is 11.1. The fourth-order valence-corrected chi connectivity index (χ4v) is 3.62. The van der Waals surface area contributed by atoms with Crippen LogP contribution >= 0.6 is 23.1 Å². The maximum absolute atomic E-state index is 12.9. The van der Waals surface area contributed by atoms with Gasteiger partial charge in [0.25, 0.3) is 5.91 Å². The topological polar surface area (TPSA) is 54.9 Å². The van der Waals surface area contributed by atoms with Gasteiger partial charge in [0.05, 0.1) is 0 Å². The van der Waals surface area contributed by atoms with E-state index >= 15 is 0 Å². The molecule has 0 saturated carbocycles. The number of carbonyl (C=O) groups is 1. The quantitative estimate of drug-likeness (QED) is 0.537. The van der Waals surface area contributed by atoms with Crippen molar-refractivity contribution in [2.24, 2.45) is 0 Å². The summed E-state index contributed by atoms with van der Waals surface area (Å²) in [5.41, 5.74) is 2.81. The van der Waals surface area contributed by atoms with Gasteiger partial charge in [0.2, 0.25) is 5.13 Å². The molecule has 0 spiro atoms. The molecule has 3 rings (SSSR count). The summed E-state index contributed by atoms with van der Waals surface area (Å²) in [7, 11) is 0. The van der Waals surface area contributed by atoms with Gasteiger partial charge in [-0.1, -0.05) is 52.9 Å². The highest BCUT2D eigenvalue weighted by Crippen LogP contribution is 2.28. The van der Waals surface area contributed by atoms with Crippen LogP contribution < -0.4 is 5.32 Å². The first-order valence-electron chi connectivity index (χ1n) is 7.19. The van der Waals surface area contributed by atoms with Crippen LogP contribution in [0.15, 0.2) is 52.9 Å². The molecule has 3 aromatic rings. The van der Waals surface area contributed by atoms with Gasteiger partial charge in [0.15, 0.2) is 4.34 Å². The maximum atomic E-state index is 12.9. The van der Waals surface area contributed by atoms with E-state index in [1.165, 1.54) is 46.7 Å². The van der Waals surface area contributed by atoms with E-state index in [1.54, 1.807) is 11.8 Å². The average molecular weight is 359 g/mol. The second-order valence-electron chi connectivity index (χ2n) is 5.11. The van der Waals surface area contributed by atoms with Crippen LogP contribution in [0.3, 0.4) is 0 Å². The van der Waals surface area contributed by atoms with Gasteiger partial charge >= 0.3 is 0 Å². The number of hydrogen-bond acceptors (Lipinski definition) is 5. The van der Waals surface area contributed by atoms with E-state index in [0.29, 0.717) is 10.7 Å². The first-order valence-corrected chi connectivity index (χ1v) is 8.99. The van der Waals surface area contributed by atoms with Crippen molar-refractivity contribution in [1.82, 2.24) is 10.2 Å². The predicted molar refractivity (Wildman–Crippen MR) is 95.0 cm³/mol. The zero-order valence-corrected chi connectivity index (χ0v) is 14.5. The number of amides is 1. The molecule has 0 radical (unpaired) electrons. The lowest BCUT2D eigenvalue weighted by Crippen LogP contribution is -2.11. The lowest BCUT2D eigenvalue weighted by molar-refractivity contribution is 0.102. The molecule has 122 valence electrons. The lowest BCUT2D eigenvalue weighted by Gasteiger charge is -2.00. The van der Waals surface area contributed by atoms with Crippen molar-refractivity contribution in [3.8, 4) is 0 Å². The summed E-state index contributed by atoms with van der Waals surface area (Å²) in [6, 6.07) is 13.7. The van der Waals surface area contributed by atoms with Gasteiger partial charge < -0.3 is 0 Å². The molecule has 1 N–H and O–H groups in total. The molecule has 7 heteroatoms. The second-order valence-corrected chi connectivity index (χ2v) is 7.31. The van der Waals surface area contributed by atoms with Crippen LogP contribution in [-0.4, -0.2) is 16.1 Å². The van der Waals surface area contributed by atoms with Gasteiger partial charge in [0, 0.05) is 11.3 Å². The number of aryl methyl sites for hydroxylation is 1. The molecule has 0 bridgehead atoms. The highest BCUT2D eigenvalue weighted by molar-refractivity contribution is 8.00. The van der Waals surface area contributed by atoms with Crippen LogP contribution in [0.1, 0.15) is 21.5 Å². The summed E-state index contributed by atoms with van der Waals surface area (Å²) in [5.74, 6) is 0.0828. The van der Waals surface area contributed by atoms with E-state index in [-0.39, 0.29) is 11.7 Å². The minimum Gasteiger partial charge on any atom is -0.296 e. The fraction of sp³-hybridized carbons (Fsp3) is 0.118. The molecule has 1 aromatic heterocycles. The number of carbonyl (C=O) groups excluding carboxylic acids is 1. The van der Waals surface area contributed by atoms with Crippen molar-refractivity contribution < 1.29 is 9.18 Å². The van der Waals surface area contributed by atoms with Crippen molar-refractivity contribution in [1.29, 1.82) is 0 Å². The summed E-state index contributed by atoms with van der Waals surface area (Å²) < 4.78 is 13.7. The zero-order chi connectivity index (χ0) is 16.9. The van der Waals surface area contributed by atoms with Crippen molar-refractivity contribution in [3.05, 3.63) is 71.0 Å². The van der Waals surface area contributed by atoms with Gasteiger partial charge in [-0.2, -0.15) is 0 Å². The van der Waals surface area contributed by atoms with Crippen molar-refractivity contribution in [2.45, 2.75) is 17.0 Å². The maximum Gasteiger partial charge on any atom is 0.257 e. The van der Waals surface area contributed by atoms with E-state index in [1.807, 2.05) is 0 Å². The van der Waals surface area contributed by atoms with Crippen molar-refractivity contribution in [2.75, 3.05) is 5.32 Å². The average Bonchev–Trinajstić information content (AvgIpc) is 3.02. The monoisotopic (exact) mass is 359 g/mol. The number of benzene rings is 2. The first-order chi connectivity index (χ1) is 11.6. The normalized spacial score (nSPS) is 10.6. The minimum atomic E-state index is -0.378. The molecule has 1 amide bonds. The van der Waals surface area contributed by atoms with E-state index in [0.717, 1.165) is 10.1 Å². The molecule has 0 aliphatic heterocycles. The van der Waals surface area contributed by atoms with E-state index in [2.05, 4.69) is 46.7 Å².